The average molecular weight is 325 g/mol. The van der Waals surface area contributed by atoms with Crippen molar-refractivity contribution in [1.29, 1.82) is 0 Å². The highest BCUT2D eigenvalue weighted by atomic mass is 19.4. The molecule has 3 heterocycles. The van der Waals surface area contributed by atoms with Gasteiger partial charge in [-0.2, -0.15) is 13.2 Å². The molecule has 0 saturated heterocycles. The Kier molecular flexibility index (Phi) is 3.59. The Bertz CT molecular complexity index is 755. The zero-order chi connectivity index (χ0) is 16.8. The number of alkyl halides is 3. The maximum atomic E-state index is 13.3. The fraction of sp³-hybridized carbons (Fsp3) is 0.357. The van der Waals surface area contributed by atoms with Crippen molar-refractivity contribution in [3.63, 3.8) is 0 Å². The van der Waals surface area contributed by atoms with E-state index in [-0.39, 0.29) is 17.9 Å². The van der Waals surface area contributed by atoms with E-state index < -0.39 is 18.1 Å². The zero-order valence-electron chi connectivity index (χ0n) is 12.2. The number of likely N-dealkylation sites (N-methyl/N-ethyl adjacent to an activating group) is 1. The molecule has 3 rings (SSSR count). The predicted molar refractivity (Wildman–Crippen MR) is 75.0 cm³/mol. The molecule has 1 amide bonds. The fourth-order valence-electron chi connectivity index (χ4n) is 2.88. The van der Waals surface area contributed by atoms with E-state index in [1.807, 2.05) is 0 Å². The first kappa shape index (κ1) is 15.5. The van der Waals surface area contributed by atoms with E-state index in [0.29, 0.717) is 17.8 Å². The van der Waals surface area contributed by atoms with Gasteiger partial charge in [-0.15, -0.1) is 0 Å². The summed E-state index contributed by atoms with van der Waals surface area (Å²) >= 11 is 0. The summed E-state index contributed by atoms with van der Waals surface area (Å²) in [5.74, 6) is -0.747. The number of imidazole rings is 1. The van der Waals surface area contributed by atoms with Crippen molar-refractivity contribution in [2.24, 2.45) is 5.73 Å². The van der Waals surface area contributed by atoms with E-state index in [2.05, 4.69) is 9.97 Å². The van der Waals surface area contributed by atoms with Gasteiger partial charge in [-0.3, -0.25) is 9.69 Å². The minimum atomic E-state index is -4.43. The maximum absolute atomic E-state index is 13.3. The summed E-state index contributed by atoms with van der Waals surface area (Å²) < 4.78 is 41.4. The first-order valence-corrected chi connectivity index (χ1v) is 6.89. The summed E-state index contributed by atoms with van der Waals surface area (Å²) in [6, 6.07) is 1.40. The van der Waals surface area contributed by atoms with Gasteiger partial charge in [0.25, 0.3) is 5.91 Å². The lowest BCUT2D eigenvalue weighted by molar-refractivity contribution is -0.186. The third kappa shape index (κ3) is 2.56. The van der Waals surface area contributed by atoms with E-state index >= 15 is 0 Å². The standard InChI is InChI=1S/C14H14F3N5O/c1-21-6-4-9-10(12(21)14(15,16)17)20-7-22(9)8-3-2-5-19-11(8)13(18)23/h2-3,5,7,12H,4,6H2,1H3,(H2,18,23). The third-order valence-electron chi connectivity index (χ3n) is 3.89. The van der Waals surface area contributed by atoms with Crippen molar-refractivity contribution >= 4 is 5.91 Å². The molecule has 122 valence electrons. The number of aromatic nitrogens is 3. The molecule has 2 aromatic heterocycles. The summed E-state index contributed by atoms with van der Waals surface area (Å²) in [5, 5.41) is 0. The highest BCUT2D eigenvalue weighted by molar-refractivity contribution is 5.94. The molecule has 1 unspecified atom stereocenters. The van der Waals surface area contributed by atoms with Gasteiger partial charge in [-0.1, -0.05) is 0 Å². The molecule has 2 aromatic rings. The Balaban J connectivity index is 2.15. The number of hydrogen-bond donors (Lipinski definition) is 1. The monoisotopic (exact) mass is 325 g/mol. The van der Waals surface area contributed by atoms with Gasteiger partial charge in [0, 0.05) is 24.9 Å². The van der Waals surface area contributed by atoms with Crippen LogP contribution >= 0.6 is 0 Å². The minimum absolute atomic E-state index is 0.00446. The quantitative estimate of drug-likeness (QED) is 0.907. The molecular formula is C14H14F3N5O. The first-order chi connectivity index (χ1) is 10.8. The molecule has 0 saturated carbocycles. The Morgan fingerprint density at radius 1 is 1.39 bits per heavy atom. The summed E-state index contributed by atoms with van der Waals surface area (Å²) in [5.41, 5.74) is 5.99. The summed E-state index contributed by atoms with van der Waals surface area (Å²) in [6.45, 7) is 0.231. The van der Waals surface area contributed by atoms with Gasteiger partial charge in [-0.25, -0.2) is 9.97 Å². The SMILES string of the molecule is CN1CCc2c(ncn2-c2cccnc2C(N)=O)C1C(F)(F)F. The summed E-state index contributed by atoms with van der Waals surface area (Å²) in [7, 11) is 1.42. The van der Waals surface area contributed by atoms with Crippen LogP contribution in [0.3, 0.4) is 0 Å². The molecule has 0 radical (unpaired) electrons. The molecular weight excluding hydrogens is 311 g/mol. The van der Waals surface area contributed by atoms with Crippen LogP contribution in [0.4, 0.5) is 13.2 Å². The fourth-order valence-corrected chi connectivity index (χ4v) is 2.88. The molecule has 2 N–H and O–H groups in total. The molecule has 1 atom stereocenters. The lowest BCUT2D eigenvalue weighted by Crippen LogP contribution is -2.41. The normalized spacial score (nSPS) is 18.7. The van der Waals surface area contributed by atoms with Crippen LogP contribution in [0.5, 0.6) is 0 Å². The van der Waals surface area contributed by atoms with E-state index in [4.69, 9.17) is 5.73 Å². The highest BCUT2D eigenvalue weighted by Gasteiger charge is 2.48. The van der Waals surface area contributed by atoms with Gasteiger partial charge < -0.3 is 10.3 Å². The van der Waals surface area contributed by atoms with Crippen molar-refractivity contribution in [2.45, 2.75) is 18.6 Å². The van der Waals surface area contributed by atoms with E-state index in [1.165, 1.54) is 29.0 Å². The van der Waals surface area contributed by atoms with Gasteiger partial charge in [0.1, 0.15) is 0 Å². The number of nitrogens with zero attached hydrogens (tertiary/aromatic N) is 4. The van der Waals surface area contributed by atoms with E-state index in [1.54, 1.807) is 12.1 Å². The molecule has 0 bridgehead atoms. The van der Waals surface area contributed by atoms with Crippen LogP contribution < -0.4 is 5.73 Å². The predicted octanol–water partition coefficient (Wildman–Crippen LogP) is 1.46. The highest BCUT2D eigenvalue weighted by Crippen LogP contribution is 2.40. The van der Waals surface area contributed by atoms with Crippen molar-refractivity contribution in [3.8, 4) is 5.69 Å². The second-order valence-corrected chi connectivity index (χ2v) is 5.36. The second-order valence-electron chi connectivity index (χ2n) is 5.36. The zero-order valence-corrected chi connectivity index (χ0v) is 12.2. The van der Waals surface area contributed by atoms with Gasteiger partial charge in [0.05, 0.1) is 17.7 Å². The number of hydrogen-bond acceptors (Lipinski definition) is 4. The van der Waals surface area contributed by atoms with Gasteiger partial charge in [-0.05, 0) is 19.2 Å². The second kappa shape index (κ2) is 5.34. The number of nitrogens with two attached hydrogens (primary N) is 1. The number of rotatable bonds is 2. The van der Waals surface area contributed by atoms with Gasteiger partial charge in [0.2, 0.25) is 0 Å². The number of primary amides is 1. The Morgan fingerprint density at radius 2 is 2.13 bits per heavy atom. The number of pyridine rings is 1. The lowest BCUT2D eigenvalue weighted by atomic mass is 10.0. The van der Waals surface area contributed by atoms with Crippen LogP contribution in [0.1, 0.15) is 27.9 Å². The Hall–Kier alpha value is -2.42. The molecule has 0 aliphatic carbocycles. The topological polar surface area (TPSA) is 77.0 Å². The Labute approximate surface area is 129 Å². The van der Waals surface area contributed by atoms with Gasteiger partial charge >= 0.3 is 6.18 Å². The largest absolute Gasteiger partial charge is 0.409 e. The molecule has 9 heteroatoms. The molecule has 6 nitrogen and oxygen atoms in total. The lowest BCUT2D eigenvalue weighted by Gasteiger charge is -2.33. The molecule has 0 fully saturated rings. The van der Waals surface area contributed by atoms with Crippen molar-refractivity contribution in [2.75, 3.05) is 13.6 Å². The summed E-state index contributed by atoms with van der Waals surface area (Å²) in [4.78, 5) is 20.6. The Morgan fingerprint density at radius 3 is 2.78 bits per heavy atom. The number of amides is 1. The number of carbonyl (C=O) groups excluding carboxylic acids is 1. The average Bonchev–Trinajstić information content (AvgIpc) is 2.89. The summed E-state index contributed by atoms with van der Waals surface area (Å²) in [6.07, 6.45) is -1.36. The van der Waals surface area contributed by atoms with Crippen LogP contribution in [-0.4, -0.2) is 45.1 Å². The van der Waals surface area contributed by atoms with Crippen LogP contribution in [0.2, 0.25) is 0 Å². The van der Waals surface area contributed by atoms with Crippen LogP contribution in [0, 0.1) is 0 Å². The van der Waals surface area contributed by atoms with E-state index in [9.17, 15) is 18.0 Å². The van der Waals surface area contributed by atoms with Gasteiger partial charge in [0.15, 0.2) is 11.7 Å². The molecule has 23 heavy (non-hydrogen) atoms. The van der Waals surface area contributed by atoms with E-state index in [0.717, 1.165) is 0 Å². The number of fused-ring (bicyclic) bond motifs is 1. The van der Waals surface area contributed by atoms with Crippen molar-refractivity contribution < 1.29 is 18.0 Å². The number of halogens is 3. The van der Waals surface area contributed by atoms with Crippen LogP contribution in [0.25, 0.3) is 5.69 Å². The van der Waals surface area contributed by atoms with Crippen LogP contribution in [-0.2, 0) is 6.42 Å². The third-order valence-corrected chi connectivity index (χ3v) is 3.89. The number of carbonyl (C=O) groups is 1. The molecule has 0 spiro atoms. The van der Waals surface area contributed by atoms with Crippen molar-refractivity contribution in [1.82, 2.24) is 19.4 Å². The minimum Gasteiger partial charge on any atom is -0.364 e. The maximum Gasteiger partial charge on any atom is 0.409 e. The molecule has 1 aliphatic rings. The molecule has 1 aliphatic heterocycles. The first-order valence-electron chi connectivity index (χ1n) is 6.89. The smallest absolute Gasteiger partial charge is 0.364 e. The van der Waals surface area contributed by atoms with Crippen molar-refractivity contribution in [3.05, 3.63) is 41.7 Å². The van der Waals surface area contributed by atoms with Crippen LogP contribution in [0.15, 0.2) is 24.7 Å². The molecule has 0 aromatic carbocycles.